The molecule has 0 bridgehead atoms. The molecule has 8 aromatic carbocycles. The first kappa shape index (κ1) is 32.7. The zero-order chi connectivity index (χ0) is 37.5. The first-order valence-corrected chi connectivity index (χ1v) is 20.3. The van der Waals surface area contributed by atoms with Crippen molar-refractivity contribution in [3.05, 3.63) is 204 Å². The average Bonchev–Trinajstić information content (AvgIpc) is 3.95. The molecule has 12 rings (SSSR count). The number of aromatic nitrogens is 1. The molecule has 0 aliphatic carbocycles. The molecule has 3 aromatic heterocycles. The fourth-order valence-electron chi connectivity index (χ4n) is 8.90. The lowest BCUT2D eigenvalue weighted by Crippen LogP contribution is -2.44. The van der Waals surface area contributed by atoms with Crippen LogP contribution in [0.15, 0.2) is 186 Å². The van der Waals surface area contributed by atoms with Gasteiger partial charge in [0.1, 0.15) is 5.58 Å². The summed E-state index contributed by atoms with van der Waals surface area (Å²) in [5.41, 5.74) is 11.0. The molecule has 4 heterocycles. The Balaban J connectivity index is 0.914. The van der Waals surface area contributed by atoms with Crippen LogP contribution in [0.2, 0.25) is 0 Å². The van der Waals surface area contributed by atoms with Crippen LogP contribution in [0.3, 0.4) is 0 Å². The Bertz CT molecular complexity index is 3210. The Morgan fingerprint density at radius 3 is 1.84 bits per heavy atom. The number of fused-ring (bicyclic) bond motifs is 9. The Hall–Kier alpha value is -6.54. The molecule has 0 spiro atoms. The molecule has 1 saturated heterocycles. The van der Waals surface area contributed by atoms with Gasteiger partial charge >= 0.3 is 0 Å². The highest BCUT2D eigenvalue weighted by molar-refractivity contribution is 7.25. The number of para-hydroxylation sites is 3. The second-order valence-corrected chi connectivity index (χ2v) is 16.0. The maximum atomic E-state index is 6.70. The van der Waals surface area contributed by atoms with Crippen LogP contribution in [-0.2, 0) is 0 Å². The third-order valence-corrected chi connectivity index (χ3v) is 12.8. The van der Waals surface area contributed by atoms with Crippen molar-refractivity contribution in [1.82, 2.24) is 15.2 Å². The lowest BCUT2D eigenvalue weighted by molar-refractivity contribution is 0.316. The summed E-state index contributed by atoms with van der Waals surface area (Å²) in [5.74, 6) is 0. The van der Waals surface area contributed by atoms with Gasteiger partial charge in [-0.05, 0) is 65.2 Å². The van der Waals surface area contributed by atoms with Gasteiger partial charge in [-0.25, -0.2) is 0 Å². The van der Waals surface area contributed by atoms with Crippen molar-refractivity contribution in [2.75, 3.05) is 0 Å². The Kier molecular flexibility index (Phi) is 7.46. The minimum Gasteiger partial charge on any atom is -0.624 e. The highest BCUT2D eigenvalue weighted by atomic mass is 32.1. The van der Waals surface area contributed by atoms with E-state index in [9.17, 15) is 0 Å². The van der Waals surface area contributed by atoms with Gasteiger partial charge in [0.15, 0.2) is 5.58 Å². The third-order valence-electron chi connectivity index (χ3n) is 11.6. The van der Waals surface area contributed by atoms with Gasteiger partial charge in [0.2, 0.25) is 0 Å². The largest absolute Gasteiger partial charge is 0.624 e. The number of hydrogen-bond acceptors (Lipinski definition) is 4. The van der Waals surface area contributed by atoms with Crippen LogP contribution in [0.4, 0.5) is 0 Å². The molecule has 3 atom stereocenters. The van der Waals surface area contributed by atoms with Gasteiger partial charge in [-0.1, -0.05) is 157 Å². The molecule has 5 nitrogen and oxygen atoms in total. The normalized spacial score (nSPS) is 17.4. The number of rotatable bonds is 5. The second-order valence-electron chi connectivity index (χ2n) is 14.9. The molecule has 2 N–H and O–H groups in total. The highest BCUT2D eigenvalue weighted by Gasteiger charge is 2.23. The van der Waals surface area contributed by atoms with Crippen LogP contribution in [0.1, 0.15) is 35.2 Å². The Morgan fingerprint density at radius 1 is 0.456 bits per heavy atom. The lowest BCUT2D eigenvalue weighted by Gasteiger charge is -2.50. The van der Waals surface area contributed by atoms with E-state index in [1.807, 2.05) is 11.3 Å². The van der Waals surface area contributed by atoms with Crippen molar-refractivity contribution in [2.24, 2.45) is 0 Å². The molecule has 57 heavy (non-hydrogen) atoms. The van der Waals surface area contributed by atoms with Crippen molar-refractivity contribution in [3.63, 3.8) is 0 Å². The monoisotopic (exact) mass is 751 g/mol. The summed E-state index contributed by atoms with van der Waals surface area (Å²) in [4.78, 5) is 0. The third kappa shape index (κ3) is 5.34. The van der Waals surface area contributed by atoms with Crippen LogP contribution in [0, 0.1) is 0 Å². The first-order valence-electron chi connectivity index (χ1n) is 19.5. The number of nitrogens with one attached hydrogen (secondary N) is 2. The minimum absolute atomic E-state index is 0.0375. The van der Waals surface area contributed by atoms with Crippen LogP contribution < -0.4 is 10.6 Å². The summed E-state index contributed by atoms with van der Waals surface area (Å²) in [7, 11) is 0. The highest BCUT2D eigenvalue weighted by Crippen LogP contribution is 2.43. The van der Waals surface area contributed by atoms with Crippen LogP contribution >= 0.6 is 11.3 Å². The fourth-order valence-corrected chi connectivity index (χ4v) is 10.0. The van der Waals surface area contributed by atoms with E-state index in [1.165, 1.54) is 58.7 Å². The van der Waals surface area contributed by atoms with Crippen molar-refractivity contribution in [2.45, 2.75) is 18.5 Å². The summed E-state index contributed by atoms with van der Waals surface area (Å²) in [5, 5.41) is 20.0. The van der Waals surface area contributed by atoms with E-state index in [2.05, 4.69) is 197 Å². The summed E-state index contributed by atoms with van der Waals surface area (Å²) >= 11 is 1.84. The Labute approximate surface area is 332 Å². The predicted octanol–water partition coefficient (Wildman–Crippen LogP) is 13.7. The van der Waals surface area contributed by atoms with E-state index >= 15 is 0 Å². The minimum atomic E-state index is -0.168. The number of thiophene rings is 1. The number of nitrogens with zero attached hydrogens (tertiary/aromatic N) is 2. The molecular formula is C51H35N4OS-. The van der Waals surface area contributed by atoms with Gasteiger partial charge in [0, 0.05) is 41.7 Å². The topological polar surface area (TPSA) is 56.2 Å². The van der Waals surface area contributed by atoms with E-state index in [-0.39, 0.29) is 18.5 Å². The van der Waals surface area contributed by atoms with Crippen LogP contribution in [0.25, 0.3) is 86.0 Å². The van der Waals surface area contributed by atoms with E-state index in [0.29, 0.717) is 0 Å². The van der Waals surface area contributed by atoms with Crippen molar-refractivity contribution >= 4 is 75.3 Å². The van der Waals surface area contributed by atoms with Crippen molar-refractivity contribution in [3.8, 4) is 16.8 Å². The predicted molar refractivity (Wildman–Crippen MR) is 237 cm³/mol. The van der Waals surface area contributed by atoms with Gasteiger partial charge < -0.3 is 24.9 Å². The second kappa shape index (κ2) is 13.0. The number of furan rings is 1. The van der Waals surface area contributed by atoms with Gasteiger partial charge in [0.25, 0.3) is 0 Å². The lowest BCUT2D eigenvalue weighted by atomic mass is 10.00. The maximum Gasteiger partial charge on any atom is 0.159 e. The van der Waals surface area contributed by atoms with Gasteiger partial charge in [0.05, 0.1) is 22.9 Å². The van der Waals surface area contributed by atoms with Crippen molar-refractivity contribution < 1.29 is 4.42 Å². The Morgan fingerprint density at radius 2 is 1.09 bits per heavy atom. The first-order chi connectivity index (χ1) is 28.2. The van der Waals surface area contributed by atoms with E-state index < -0.39 is 0 Å². The summed E-state index contributed by atoms with van der Waals surface area (Å²) < 4.78 is 11.6. The van der Waals surface area contributed by atoms with Gasteiger partial charge in [-0.15, -0.1) is 11.3 Å². The average molecular weight is 752 g/mol. The summed E-state index contributed by atoms with van der Waals surface area (Å²) in [6.45, 7) is 0. The van der Waals surface area contributed by atoms with Gasteiger partial charge in [-0.2, -0.15) is 0 Å². The molecule has 1 fully saturated rings. The van der Waals surface area contributed by atoms with Gasteiger partial charge in [-0.3, -0.25) is 0 Å². The fraction of sp³-hybridized carbons (Fsp3) is 0.0588. The number of hydrogen-bond donors (Lipinski definition) is 2. The summed E-state index contributed by atoms with van der Waals surface area (Å²) in [6, 6.07) is 65.2. The quantitative estimate of drug-likeness (QED) is 0.184. The van der Waals surface area contributed by atoms with E-state index in [0.717, 1.165) is 38.8 Å². The molecule has 3 unspecified atom stereocenters. The summed E-state index contributed by atoms with van der Waals surface area (Å²) in [6.07, 6.45) is -0.337. The van der Waals surface area contributed by atoms with E-state index in [4.69, 9.17) is 9.73 Å². The molecule has 0 amide bonds. The zero-order valence-corrected chi connectivity index (χ0v) is 31.6. The molecule has 0 radical (unpaired) electrons. The molecule has 1 aliphatic rings. The SMILES string of the molecule is c1ccc(C2[N-]C(c3ccc4c(c3)sc3ccc(-c5ccc6oc7c(-n8c9ccccc9c9ccccc98)cccc7c6c5)cc34)NC(c3ccccc3)N2)cc1. The molecule has 11 aromatic rings. The number of benzene rings is 8. The zero-order valence-electron chi connectivity index (χ0n) is 30.8. The maximum absolute atomic E-state index is 6.70. The standard InChI is InChI=1S/C51H35N4OS/c1-3-12-31(13-4-1)49-52-50(32-14-5-2-6-15-32)54-51(53-49)35-22-25-38-41-29-34(24-27-46(41)57-47(38)30-35)33-23-26-45-40(28-33)39-18-11-21-44(48(39)56-45)55-42-19-9-7-16-36(42)37-17-8-10-20-43(37)55/h1-30,49-53H/q-1. The molecular weight excluding hydrogens is 717 g/mol. The van der Waals surface area contributed by atoms with Crippen LogP contribution in [-0.4, -0.2) is 4.57 Å². The molecule has 0 saturated carbocycles. The van der Waals surface area contributed by atoms with E-state index in [1.54, 1.807) is 0 Å². The smallest absolute Gasteiger partial charge is 0.159 e. The molecule has 272 valence electrons. The molecule has 6 heteroatoms. The molecule has 1 aliphatic heterocycles. The van der Waals surface area contributed by atoms with Crippen LogP contribution in [0.5, 0.6) is 0 Å². The van der Waals surface area contributed by atoms with Crippen molar-refractivity contribution in [1.29, 1.82) is 0 Å².